The Kier molecular flexibility index (Phi) is 2.37. The Bertz CT molecular complexity index is 673. The monoisotopic (exact) mass is 241 g/mol. The first-order valence-corrected chi connectivity index (χ1v) is 5.45. The van der Waals surface area contributed by atoms with Crippen LogP contribution in [0.3, 0.4) is 0 Å². The smallest absolute Gasteiger partial charge is 0.160 e. The van der Waals surface area contributed by atoms with Crippen LogP contribution in [-0.2, 0) is 0 Å². The van der Waals surface area contributed by atoms with E-state index in [1.165, 1.54) is 7.11 Å². The normalized spacial score (nSPS) is 10.7. The van der Waals surface area contributed by atoms with Gasteiger partial charge in [0.25, 0.3) is 0 Å². The Labute approximate surface area is 103 Å². The zero-order valence-electron chi connectivity index (χ0n) is 9.71. The lowest BCUT2D eigenvalue weighted by Gasteiger charge is -2.04. The summed E-state index contributed by atoms with van der Waals surface area (Å²) in [6.45, 7) is 0. The highest BCUT2D eigenvalue weighted by molar-refractivity contribution is 5.78. The van der Waals surface area contributed by atoms with Gasteiger partial charge in [-0.1, -0.05) is 0 Å². The average molecular weight is 241 g/mol. The standard InChI is InChI=1S/C13H11N3O2/c1-18-12-3-2-8(6-11(12)17)13-15-9-4-5-14-7-10(9)16-13/h2-7,17H,1H3,(H,15,16). The highest BCUT2D eigenvalue weighted by atomic mass is 16.5. The number of rotatable bonds is 2. The molecule has 0 aliphatic carbocycles. The molecular weight excluding hydrogens is 230 g/mol. The third kappa shape index (κ3) is 1.66. The summed E-state index contributed by atoms with van der Waals surface area (Å²) < 4.78 is 5.00. The van der Waals surface area contributed by atoms with E-state index < -0.39 is 0 Å². The number of aromatic amines is 1. The number of hydrogen-bond donors (Lipinski definition) is 2. The van der Waals surface area contributed by atoms with Crippen LogP contribution in [0.5, 0.6) is 11.5 Å². The lowest BCUT2D eigenvalue weighted by Crippen LogP contribution is -1.85. The van der Waals surface area contributed by atoms with Gasteiger partial charge in [0.05, 0.1) is 24.3 Å². The molecule has 18 heavy (non-hydrogen) atoms. The van der Waals surface area contributed by atoms with Gasteiger partial charge in [-0.3, -0.25) is 4.98 Å². The SMILES string of the molecule is COc1ccc(-c2nc3ccncc3[nH]2)cc1O. The quantitative estimate of drug-likeness (QED) is 0.722. The molecule has 0 radical (unpaired) electrons. The van der Waals surface area contributed by atoms with Crippen LogP contribution in [-0.4, -0.2) is 27.2 Å². The highest BCUT2D eigenvalue weighted by Gasteiger charge is 2.08. The number of nitrogens with one attached hydrogen (secondary N) is 1. The van der Waals surface area contributed by atoms with E-state index in [0.717, 1.165) is 16.6 Å². The molecule has 0 fully saturated rings. The molecule has 5 heteroatoms. The van der Waals surface area contributed by atoms with E-state index in [-0.39, 0.29) is 5.75 Å². The van der Waals surface area contributed by atoms with E-state index in [1.807, 2.05) is 12.1 Å². The minimum absolute atomic E-state index is 0.0913. The second-order valence-corrected chi connectivity index (χ2v) is 3.86. The molecule has 3 rings (SSSR count). The van der Waals surface area contributed by atoms with Gasteiger partial charge >= 0.3 is 0 Å². The van der Waals surface area contributed by atoms with E-state index in [9.17, 15) is 5.11 Å². The number of imidazole rings is 1. The Balaban J connectivity index is 2.11. The molecule has 0 unspecified atom stereocenters. The van der Waals surface area contributed by atoms with Gasteiger partial charge in [-0.2, -0.15) is 0 Å². The number of phenolic OH excluding ortho intramolecular Hbond substituents is 1. The molecule has 90 valence electrons. The predicted octanol–water partition coefficient (Wildman–Crippen LogP) is 2.34. The Morgan fingerprint density at radius 3 is 2.89 bits per heavy atom. The van der Waals surface area contributed by atoms with Crippen LogP contribution < -0.4 is 4.74 Å². The molecular formula is C13H11N3O2. The van der Waals surface area contributed by atoms with Gasteiger partial charge in [0.1, 0.15) is 5.82 Å². The van der Waals surface area contributed by atoms with Crippen LogP contribution in [0, 0.1) is 0 Å². The van der Waals surface area contributed by atoms with Gasteiger partial charge in [-0.25, -0.2) is 4.98 Å². The molecule has 0 bridgehead atoms. The van der Waals surface area contributed by atoms with Crippen molar-refractivity contribution in [1.29, 1.82) is 0 Å². The molecule has 0 aliphatic heterocycles. The van der Waals surface area contributed by atoms with Crippen LogP contribution in [0.25, 0.3) is 22.4 Å². The number of pyridine rings is 1. The molecule has 3 aromatic rings. The third-order valence-corrected chi connectivity index (χ3v) is 2.74. The van der Waals surface area contributed by atoms with Crippen molar-refractivity contribution in [3.8, 4) is 22.9 Å². The van der Waals surface area contributed by atoms with Gasteiger partial charge in [0.15, 0.2) is 11.5 Å². The maximum Gasteiger partial charge on any atom is 0.160 e. The summed E-state index contributed by atoms with van der Waals surface area (Å²) in [5.74, 6) is 1.22. The summed E-state index contributed by atoms with van der Waals surface area (Å²) in [5.41, 5.74) is 2.50. The first-order chi connectivity index (χ1) is 8.78. The number of methoxy groups -OCH3 is 1. The van der Waals surface area contributed by atoms with Crippen molar-refractivity contribution in [1.82, 2.24) is 15.0 Å². The first kappa shape index (κ1) is 10.6. The summed E-state index contributed by atoms with van der Waals surface area (Å²) in [6, 6.07) is 6.99. The second-order valence-electron chi connectivity index (χ2n) is 3.86. The molecule has 0 saturated carbocycles. The zero-order valence-corrected chi connectivity index (χ0v) is 9.71. The number of hydrogen-bond acceptors (Lipinski definition) is 4. The number of H-pyrrole nitrogens is 1. The fourth-order valence-corrected chi connectivity index (χ4v) is 1.83. The van der Waals surface area contributed by atoms with Crippen LogP contribution in [0.2, 0.25) is 0 Å². The number of aromatic nitrogens is 3. The summed E-state index contributed by atoms with van der Waals surface area (Å²) in [4.78, 5) is 11.6. The Morgan fingerprint density at radius 1 is 1.28 bits per heavy atom. The van der Waals surface area contributed by atoms with Crippen LogP contribution >= 0.6 is 0 Å². The predicted molar refractivity (Wildman–Crippen MR) is 67.5 cm³/mol. The second kappa shape index (κ2) is 4.03. The van der Waals surface area contributed by atoms with E-state index >= 15 is 0 Å². The van der Waals surface area contributed by atoms with E-state index in [1.54, 1.807) is 24.5 Å². The van der Waals surface area contributed by atoms with Crippen molar-refractivity contribution < 1.29 is 9.84 Å². The van der Waals surface area contributed by atoms with Crippen molar-refractivity contribution in [3.63, 3.8) is 0 Å². The molecule has 0 aliphatic rings. The number of phenols is 1. The van der Waals surface area contributed by atoms with Crippen LogP contribution in [0.4, 0.5) is 0 Å². The Hall–Kier alpha value is -2.56. The van der Waals surface area contributed by atoms with Crippen molar-refractivity contribution >= 4 is 11.0 Å². The maximum atomic E-state index is 9.75. The lowest BCUT2D eigenvalue weighted by molar-refractivity contribution is 0.373. The van der Waals surface area contributed by atoms with E-state index in [0.29, 0.717) is 11.6 Å². The first-order valence-electron chi connectivity index (χ1n) is 5.45. The molecule has 1 aromatic carbocycles. The lowest BCUT2D eigenvalue weighted by atomic mass is 10.2. The van der Waals surface area contributed by atoms with Gasteiger partial charge in [-0.05, 0) is 24.3 Å². The van der Waals surface area contributed by atoms with Gasteiger partial charge in [-0.15, -0.1) is 0 Å². The molecule has 2 N–H and O–H groups in total. The maximum absolute atomic E-state index is 9.75. The fraction of sp³-hybridized carbons (Fsp3) is 0.0769. The summed E-state index contributed by atoms with van der Waals surface area (Å²) >= 11 is 0. The highest BCUT2D eigenvalue weighted by Crippen LogP contribution is 2.30. The topological polar surface area (TPSA) is 71.0 Å². The average Bonchev–Trinajstić information content (AvgIpc) is 2.82. The number of benzene rings is 1. The molecule has 0 spiro atoms. The van der Waals surface area contributed by atoms with Gasteiger partial charge in [0.2, 0.25) is 0 Å². The number of ether oxygens (including phenoxy) is 1. The summed E-state index contributed by atoms with van der Waals surface area (Å²) in [5, 5.41) is 9.75. The molecule has 0 amide bonds. The number of fused-ring (bicyclic) bond motifs is 1. The van der Waals surface area contributed by atoms with E-state index in [2.05, 4.69) is 15.0 Å². The van der Waals surface area contributed by atoms with Crippen molar-refractivity contribution in [2.75, 3.05) is 7.11 Å². The van der Waals surface area contributed by atoms with Crippen molar-refractivity contribution in [2.24, 2.45) is 0 Å². The number of aromatic hydroxyl groups is 1. The van der Waals surface area contributed by atoms with Crippen LogP contribution in [0.1, 0.15) is 0 Å². The van der Waals surface area contributed by atoms with Gasteiger partial charge in [0, 0.05) is 11.8 Å². The van der Waals surface area contributed by atoms with Crippen molar-refractivity contribution in [2.45, 2.75) is 0 Å². The zero-order chi connectivity index (χ0) is 12.5. The molecule has 5 nitrogen and oxygen atoms in total. The fourth-order valence-electron chi connectivity index (χ4n) is 1.83. The molecule has 0 saturated heterocycles. The summed E-state index contributed by atoms with van der Waals surface area (Å²) in [6.07, 6.45) is 3.41. The minimum atomic E-state index is 0.0913. The molecule has 2 aromatic heterocycles. The molecule has 2 heterocycles. The summed E-state index contributed by atoms with van der Waals surface area (Å²) in [7, 11) is 1.52. The minimum Gasteiger partial charge on any atom is -0.504 e. The number of nitrogens with zero attached hydrogens (tertiary/aromatic N) is 2. The van der Waals surface area contributed by atoms with E-state index in [4.69, 9.17) is 4.74 Å². The third-order valence-electron chi connectivity index (χ3n) is 2.74. The van der Waals surface area contributed by atoms with Crippen LogP contribution in [0.15, 0.2) is 36.7 Å². The van der Waals surface area contributed by atoms with Gasteiger partial charge < -0.3 is 14.8 Å². The Morgan fingerprint density at radius 2 is 2.17 bits per heavy atom. The van der Waals surface area contributed by atoms with Crippen molar-refractivity contribution in [3.05, 3.63) is 36.7 Å². The largest absolute Gasteiger partial charge is 0.504 e. The molecule has 0 atom stereocenters.